The lowest BCUT2D eigenvalue weighted by molar-refractivity contribution is 0.311. The van der Waals surface area contributed by atoms with Gasteiger partial charge in [0.2, 0.25) is 0 Å². The van der Waals surface area contributed by atoms with E-state index in [0.29, 0.717) is 6.61 Å². The van der Waals surface area contributed by atoms with Crippen molar-refractivity contribution in [2.45, 2.75) is 39.0 Å². The van der Waals surface area contributed by atoms with Gasteiger partial charge in [-0.05, 0) is 30.7 Å². The molecular weight excluding hydrogens is 268 g/mol. The van der Waals surface area contributed by atoms with Gasteiger partial charge in [0.05, 0.1) is 17.3 Å². The van der Waals surface area contributed by atoms with Gasteiger partial charge >= 0.3 is 0 Å². The molecule has 3 nitrogen and oxygen atoms in total. The van der Waals surface area contributed by atoms with Gasteiger partial charge in [0.25, 0.3) is 0 Å². The number of benzene rings is 1. The van der Waals surface area contributed by atoms with Gasteiger partial charge in [-0.1, -0.05) is 20.8 Å². The second-order valence-electron chi connectivity index (χ2n) is 5.90. The van der Waals surface area contributed by atoms with E-state index < -0.39 is 0 Å². The summed E-state index contributed by atoms with van der Waals surface area (Å²) in [5.41, 5.74) is 7.70. The number of ether oxygens (including phenoxy) is 1. The fourth-order valence-electron chi connectivity index (χ4n) is 1.75. The zero-order chi connectivity index (χ0) is 14.6. The molecule has 1 aromatic carbocycles. The number of nitrogen functional groups attached to an aromatic ring is 1. The van der Waals surface area contributed by atoms with E-state index in [1.54, 1.807) is 11.3 Å². The van der Waals surface area contributed by atoms with Crippen molar-refractivity contribution in [3.8, 4) is 5.75 Å². The summed E-state index contributed by atoms with van der Waals surface area (Å²) in [6, 6.07) is 7.50. The Morgan fingerprint density at radius 2 is 1.90 bits per heavy atom. The van der Waals surface area contributed by atoms with E-state index in [4.69, 9.17) is 10.5 Å². The van der Waals surface area contributed by atoms with Gasteiger partial charge in [0.1, 0.15) is 5.75 Å². The van der Waals surface area contributed by atoms with E-state index in [0.717, 1.165) is 24.3 Å². The van der Waals surface area contributed by atoms with Gasteiger partial charge in [-0.25, -0.2) is 4.98 Å². The summed E-state index contributed by atoms with van der Waals surface area (Å²) in [7, 11) is 0. The van der Waals surface area contributed by atoms with Gasteiger partial charge in [0.15, 0.2) is 0 Å². The zero-order valence-electron chi connectivity index (χ0n) is 12.3. The van der Waals surface area contributed by atoms with E-state index in [1.165, 1.54) is 10.7 Å². The minimum atomic E-state index is 0.134. The molecule has 0 fully saturated rings. The second-order valence-corrected chi connectivity index (χ2v) is 6.84. The SMILES string of the molecule is CC(C)(C)c1csc(CCCOc2ccc(N)cc2)n1. The van der Waals surface area contributed by atoms with Gasteiger partial charge in [-0.3, -0.25) is 0 Å². The highest BCUT2D eigenvalue weighted by Gasteiger charge is 2.17. The van der Waals surface area contributed by atoms with Crippen LogP contribution in [0.5, 0.6) is 5.75 Å². The molecule has 0 unspecified atom stereocenters. The predicted octanol–water partition coefficient (Wildman–Crippen LogP) is 4.03. The van der Waals surface area contributed by atoms with Crippen LogP contribution < -0.4 is 10.5 Å². The van der Waals surface area contributed by atoms with Crippen molar-refractivity contribution in [2.24, 2.45) is 0 Å². The maximum atomic E-state index is 5.68. The van der Waals surface area contributed by atoms with Crippen LogP contribution in [0.25, 0.3) is 0 Å². The molecule has 0 saturated heterocycles. The number of aromatic nitrogens is 1. The smallest absolute Gasteiger partial charge is 0.119 e. The molecule has 0 aliphatic heterocycles. The Hall–Kier alpha value is -1.55. The van der Waals surface area contributed by atoms with Crippen LogP contribution in [0.15, 0.2) is 29.6 Å². The Morgan fingerprint density at radius 3 is 2.50 bits per heavy atom. The second kappa shape index (κ2) is 6.27. The quantitative estimate of drug-likeness (QED) is 0.668. The Kier molecular flexibility index (Phi) is 4.65. The van der Waals surface area contributed by atoms with E-state index >= 15 is 0 Å². The Bertz CT molecular complexity index is 540. The third kappa shape index (κ3) is 4.23. The van der Waals surface area contributed by atoms with Gasteiger partial charge in [-0.15, -0.1) is 11.3 Å². The maximum absolute atomic E-state index is 5.68. The van der Waals surface area contributed by atoms with Crippen molar-refractivity contribution < 1.29 is 4.74 Å². The minimum Gasteiger partial charge on any atom is -0.494 e. The first-order valence-electron chi connectivity index (χ1n) is 6.88. The summed E-state index contributed by atoms with van der Waals surface area (Å²) in [6.07, 6.45) is 1.94. The first kappa shape index (κ1) is 14.9. The molecule has 2 N–H and O–H groups in total. The van der Waals surface area contributed by atoms with Crippen LogP contribution in [0.4, 0.5) is 5.69 Å². The number of anilines is 1. The lowest BCUT2D eigenvalue weighted by Gasteiger charge is -2.14. The Balaban J connectivity index is 1.76. The third-order valence-electron chi connectivity index (χ3n) is 3.00. The van der Waals surface area contributed by atoms with Crippen molar-refractivity contribution in [3.63, 3.8) is 0 Å². The summed E-state index contributed by atoms with van der Waals surface area (Å²) in [5, 5.41) is 3.35. The first-order chi connectivity index (χ1) is 9.45. The number of thiazole rings is 1. The molecule has 1 aromatic heterocycles. The highest BCUT2D eigenvalue weighted by molar-refractivity contribution is 7.09. The van der Waals surface area contributed by atoms with Crippen molar-refractivity contribution in [1.29, 1.82) is 0 Å². The van der Waals surface area contributed by atoms with Crippen LogP contribution in [0.3, 0.4) is 0 Å². The van der Waals surface area contributed by atoms with Crippen molar-refractivity contribution in [1.82, 2.24) is 4.98 Å². The Labute approximate surface area is 124 Å². The lowest BCUT2D eigenvalue weighted by Crippen LogP contribution is -2.11. The summed E-state index contributed by atoms with van der Waals surface area (Å²) >= 11 is 1.74. The van der Waals surface area contributed by atoms with E-state index in [1.807, 2.05) is 24.3 Å². The molecular formula is C16H22N2OS. The summed E-state index contributed by atoms with van der Waals surface area (Å²) in [6.45, 7) is 7.27. The average Bonchev–Trinajstić information content (AvgIpc) is 2.85. The normalized spacial score (nSPS) is 11.6. The van der Waals surface area contributed by atoms with Crippen LogP contribution in [0.2, 0.25) is 0 Å². The molecule has 1 heterocycles. The van der Waals surface area contributed by atoms with Gasteiger partial charge in [0, 0.05) is 22.9 Å². The van der Waals surface area contributed by atoms with E-state index in [2.05, 4.69) is 31.1 Å². The third-order valence-corrected chi connectivity index (χ3v) is 3.91. The van der Waals surface area contributed by atoms with Gasteiger partial charge in [-0.2, -0.15) is 0 Å². The molecule has 0 aliphatic rings. The number of rotatable bonds is 5. The van der Waals surface area contributed by atoms with Gasteiger partial charge < -0.3 is 10.5 Å². The number of hydrogen-bond acceptors (Lipinski definition) is 4. The molecule has 0 spiro atoms. The molecule has 0 saturated carbocycles. The largest absolute Gasteiger partial charge is 0.494 e. The molecule has 0 aliphatic carbocycles. The molecule has 108 valence electrons. The van der Waals surface area contributed by atoms with Crippen LogP contribution >= 0.6 is 11.3 Å². The fourth-order valence-corrected chi connectivity index (χ4v) is 2.81. The predicted molar refractivity (Wildman–Crippen MR) is 85.5 cm³/mol. The standard InChI is InChI=1S/C16H22N2OS/c1-16(2,3)14-11-20-15(18-14)5-4-10-19-13-8-6-12(17)7-9-13/h6-9,11H,4-5,10,17H2,1-3H3. The van der Waals surface area contributed by atoms with Crippen molar-refractivity contribution in [3.05, 3.63) is 40.3 Å². The fraction of sp³-hybridized carbons (Fsp3) is 0.438. The molecule has 4 heteroatoms. The summed E-state index contributed by atoms with van der Waals surface area (Å²) in [4.78, 5) is 4.68. The van der Waals surface area contributed by atoms with E-state index in [-0.39, 0.29) is 5.41 Å². The molecule has 2 rings (SSSR count). The lowest BCUT2D eigenvalue weighted by atomic mass is 9.93. The highest BCUT2D eigenvalue weighted by atomic mass is 32.1. The molecule has 2 aromatic rings. The van der Waals surface area contributed by atoms with Crippen molar-refractivity contribution >= 4 is 17.0 Å². The average molecular weight is 290 g/mol. The topological polar surface area (TPSA) is 48.1 Å². The van der Waals surface area contributed by atoms with Crippen LogP contribution in [0.1, 0.15) is 37.9 Å². The number of nitrogens with two attached hydrogens (primary N) is 1. The minimum absolute atomic E-state index is 0.134. The molecule has 0 atom stereocenters. The molecule has 0 amide bonds. The first-order valence-corrected chi connectivity index (χ1v) is 7.76. The number of aryl methyl sites for hydroxylation is 1. The Morgan fingerprint density at radius 1 is 1.20 bits per heavy atom. The van der Waals surface area contributed by atoms with Crippen LogP contribution in [0, 0.1) is 0 Å². The molecule has 20 heavy (non-hydrogen) atoms. The van der Waals surface area contributed by atoms with Crippen molar-refractivity contribution in [2.75, 3.05) is 12.3 Å². The number of hydrogen-bond donors (Lipinski definition) is 1. The molecule has 0 bridgehead atoms. The summed E-state index contributed by atoms with van der Waals surface area (Å²) in [5.74, 6) is 0.869. The summed E-state index contributed by atoms with van der Waals surface area (Å²) < 4.78 is 5.68. The number of nitrogens with zero attached hydrogens (tertiary/aromatic N) is 1. The maximum Gasteiger partial charge on any atom is 0.119 e. The van der Waals surface area contributed by atoms with E-state index in [9.17, 15) is 0 Å². The molecule has 0 radical (unpaired) electrons. The van der Waals surface area contributed by atoms with Crippen LogP contribution in [-0.4, -0.2) is 11.6 Å². The monoisotopic (exact) mass is 290 g/mol. The highest BCUT2D eigenvalue weighted by Crippen LogP contribution is 2.24. The van der Waals surface area contributed by atoms with Crippen LogP contribution in [-0.2, 0) is 11.8 Å². The zero-order valence-corrected chi connectivity index (χ0v) is 13.2.